The van der Waals surface area contributed by atoms with E-state index in [1.54, 1.807) is 0 Å². The minimum absolute atomic E-state index is 0.0806. The van der Waals surface area contributed by atoms with E-state index in [2.05, 4.69) is 41.5 Å². The first-order chi connectivity index (χ1) is 11.2. The van der Waals surface area contributed by atoms with Gasteiger partial charge in [-0.15, -0.1) is 0 Å². The molecule has 0 saturated heterocycles. The first-order valence-corrected chi connectivity index (χ1v) is 10.0. The number of esters is 1. The van der Waals surface area contributed by atoms with Gasteiger partial charge in [-0.1, -0.05) is 41.5 Å². The van der Waals surface area contributed by atoms with Gasteiger partial charge in [0.2, 0.25) is 0 Å². The lowest BCUT2D eigenvalue weighted by atomic mass is 9.63. The van der Waals surface area contributed by atoms with Crippen molar-refractivity contribution in [3.63, 3.8) is 0 Å². The molecule has 3 nitrogen and oxygen atoms in total. The third-order valence-electron chi connectivity index (χ3n) is 5.09. The third kappa shape index (κ3) is 9.08. The summed E-state index contributed by atoms with van der Waals surface area (Å²) in [6.45, 7) is 19.9. The van der Waals surface area contributed by atoms with Crippen LogP contribution in [0.4, 0.5) is 0 Å². The van der Waals surface area contributed by atoms with Crippen LogP contribution in [0.5, 0.6) is 0 Å². The van der Waals surface area contributed by atoms with E-state index in [0.29, 0.717) is 10.8 Å². The summed E-state index contributed by atoms with van der Waals surface area (Å²) in [5, 5.41) is 0. The van der Waals surface area contributed by atoms with Gasteiger partial charge in [-0.05, 0) is 75.5 Å². The molecule has 0 aliphatic heterocycles. The normalized spacial score (nSPS) is 24.0. The highest BCUT2D eigenvalue weighted by Crippen LogP contribution is 2.45. The Kier molecular flexibility index (Phi) is 7.56. The van der Waals surface area contributed by atoms with Crippen molar-refractivity contribution in [1.29, 1.82) is 0 Å². The van der Waals surface area contributed by atoms with Gasteiger partial charge in [0.15, 0.2) is 0 Å². The van der Waals surface area contributed by atoms with Crippen LogP contribution in [0.1, 0.15) is 94.4 Å². The average molecular weight is 355 g/mol. The Morgan fingerprint density at radius 3 is 1.84 bits per heavy atom. The summed E-state index contributed by atoms with van der Waals surface area (Å²) in [6, 6.07) is 0. The largest absolute Gasteiger partial charge is 0.458 e. The van der Waals surface area contributed by atoms with Crippen molar-refractivity contribution in [2.75, 3.05) is 6.61 Å². The van der Waals surface area contributed by atoms with Crippen LogP contribution >= 0.6 is 0 Å². The summed E-state index contributed by atoms with van der Waals surface area (Å²) in [5.74, 6) is 1.25. The molecule has 0 heterocycles. The highest BCUT2D eigenvalue weighted by atomic mass is 16.6. The molecule has 0 radical (unpaired) electrons. The first-order valence-electron chi connectivity index (χ1n) is 10.0. The molecule has 148 valence electrons. The molecule has 0 aromatic heterocycles. The highest BCUT2D eigenvalue weighted by Gasteiger charge is 2.37. The Bertz CT molecular complexity index is 412. The molecule has 3 heteroatoms. The fraction of sp³-hybridized carbons (Fsp3) is 0.955. The van der Waals surface area contributed by atoms with Crippen LogP contribution in [-0.2, 0) is 14.3 Å². The smallest absolute Gasteiger partial charge is 0.332 e. The Labute approximate surface area is 156 Å². The number of carbonyl (C=O) groups excluding carboxylic acids is 1. The summed E-state index contributed by atoms with van der Waals surface area (Å²) < 4.78 is 11.2. The van der Waals surface area contributed by atoms with Gasteiger partial charge in [-0.25, -0.2) is 4.79 Å². The maximum atomic E-state index is 11.8. The lowest BCUT2D eigenvalue weighted by molar-refractivity contribution is -0.163. The number of rotatable bonds is 5. The zero-order valence-electron chi connectivity index (χ0n) is 18.2. The van der Waals surface area contributed by atoms with Crippen molar-refractivity contribution in [1.82, 2.24) is 0 Å². The minimum atomic E-state index is -0.439. The molecule has 25 heavy (non-hydrogen) atoms. The number of ether oxygens (including phenoxy) is 2. The fourth-order valence-corrected chi connectivity index (χ4v) is 4.05. The van der Waals surface area contributed by atoms with Gasteiger partial charge in [0.25, 0.3) is 0 Å². The van der Waals surface area contributed by atoms with Crippen molar-refractivity contribution >= 4 is 5.97 Å². The second kappa shape index (κ2) is 8.41. The Balaban J connectivity index is 2.49. The molecular weight excluding hydrogens is 312 g/mol. The predicted octanol–water partition coefficient (Wildman–Crippen LogP) is 6.00. The standard InChI is InChI=1S/C22H42O3/c1-20(2,3)14-18(21(4,5)6)16-10-12-17(13-11-16)24-15-19(23)25-22(7,8)9/h16-18H,10-15H2,1-9H3. The van der Waals surface area contributed by atoms with Gasteiger partial charge in [0.05, 0.1) is 6.10 Å². The summed E-state index contributed by atoms with van der Waals surface area (Å²) in [7, 11) is 0. The van der Waals surface area contributed by atoms with Crippen LogP contribution in [0, 0.1) is 22.7 Å². The monoisotopic (exact) mass is 354 g/mol. The minimum Gasteiger partial charge on any atom is -0.458 e. The van der Waals surface area contributed by atoms with Crippen molar-refractivity contribution < 1.29 is 14.3 Å². The van der Waals surface area contributed by atoms with Crippen LogP contribution in [0.3, 0.4) is 0 Å². The molecular formula is C22H42O3. The van der Waals surface area contributed by atoms with Crippen LogP contribution in [0.25, 0.3) is 0 Å². The van der Waals surface area contributed by atoms with E-state index in [-0.39, 0.29) is 18.7 Å². The van der Waals surface area contributed by atoms with Crippen molar-refractivity contribution in [2.45, 2.75) is 106 Å². The molecule has 1 unspecified atom stereocenters. The topological polar surface area (TPSA) is 35.5 Å². The average Bonchev–Trinajstić information content (AvgIpc) is 2.39. The van der Waals surface area contributed by atoms with Crippen molar-refractivity contribution in [2.24, 2.45) is 22.7 Å². The lowest BCUT2D eigenvalue weighted by Gasteiger charge is -2.43. The molecule has 0 aromatic carbocycles. The van der Waals surface area contributed by atoms with E-state index in [1.165, 1.54) is 19.3 Å². The van der Waals surface area contributed by atoms with Crippen LogP contribution in [0.15, 0.2) is 0 Å². The molecule has 0 aromatic rings. The maximum absolute atomic E-state index is 11.8. The Hall–Kier alpha value is -0.570. The second-order valence-electron chi connectivity index (χ2n) is 11.2. The summed E-state index contributed by atoms with van der Waals surface area (Å²) in [5.41, 5.74) is 0.259. The molecule has 0 N–H and O–H groups in total. The summed E-state index contributed by atoms with van der Waals surface area (Å²) >= 11 is 0. The van der Waals surface area contributed by atoms with Crippen molar-refractivity contribution in [3.8, 4) is 0 Å². The molecule has 1 fully saturated rings. The van der Waals surface area contributed by atoms with E-state index in [1.807, 2.05) is 20.8 Å². The fourth-order valence-electron chi connectivity index (χ4n) is 4.05. The number of hydrogen-bond donors (Lipinski definition) is 0. The van der Waals surface area contributed by atoms with Crippen molar-refractivity contribution in [3.05, 3.63) is 0 Å². The van der Waals surface area contributed by atoms with E-state index in [0.717, 1.165) is 24.7 Å². The van der Waals surface area contributed by atoms with E-state index >= 15 is 0 Å². The van der Waals surface area contributed by atoms with Gasteiger partial charge in [0.1, 0.15) is 12.2 Å². The highest BCUT2D eigenvalue weighted by molar-refractivity contribution is 5.71. The molecule has 1 atom stereocenters. The molecule has 0 bridgehead atoms. The molecule has 1 aliphatic rings. The quantitative estimate of drug-likeness (QED) is 0.568. The molecule has 0 amide bonds. The maximum Gasteiger partial charge on any atom is 0.332 e. The Morgan fingerprint density at radius 2 is 1.44 bits per heavy atom. The predicted molar refractivity (Wildman–Crippen MR) is 105 cm³/mol. The third-order valence-corrected chi connectivity index (χ3v) is 5.09. The SMILES string of the molecule is CC(C)(C)CC(C1CCC(OCC(=O)OC(C)(C)C)CC1)C(C)(C)C. The van der Waals surface area contributed by atoms with Gasteiger partial charge in [0, 0.05) is 0 Å². The van der Waals surface area contributed by atoms with E-state index < -0.39 is 5.60 Å². The molecule has 1 aliphatic carbocycles. The molecule has 1 saturated carbocycles. The zero-order chi connectivity index (χ0) is 19.5. The molecule has 1 rings (SSSR count). The van der Waals surface area contributed by atoms with E-state index in [4.69, 9.17) is 9.47 Å². The lowest BCUT2D eigenvalue weighted by Crippen LogP contribution is -2.36. The van der Waals surface area contributed by atoms with Gasteiger partial charge < -0.3 is 9.47 Å². The van der Waals surface area contributed by atoms with Gasteiger partial charge >= 0.3 is 5.97 Å². The Morgan fingerprint density at radius 1 is 0.920 bits per heavy atom. The second-order valence-corrected chi connectivity index (χ2v) is 11.2. The summed E-state index contributed by atoms with van der Waals surface area (Å²) in [4.78, 5) is 11.8. The van der Waals surface area contributed by atoms with Crippen LogP contribution in [0.2, 0.25) is 0 Å². The number of hydrogen-bond acceptors (Lipinski definition) is 3. The molecule has 0 spiro atoms. The van der Waals surface area contributed by atoms with Crippen LogP contribution in [-0.4, -0.2) is 24.3 Å². The van der Waals surface area contributed by atoms with Crippen LogP contribution < -0.4 is 0 Å². The summed E-state index contributed by atoms with van der Waals surface area (Å²) in [6.07, 6.45) is 6.01. The zero-order valence-corrected chi connectivity index (χ0v) is 18.2. The van der Waals surface area contributed by atoms with Gasteiger partial charge in [-0.3, -0.25) is 0 Å². The first kappa shape index (κ1) is 22.5. The number of carbonyl (C=O) groups is 1. The van der Waals surface area contributed by atoms with Gasteiger partial charge in [-0.2, -0.15) is 0 Å². The van der Waals surface area contributed by atoms with E-state index in [9.17, 15) is 4.79 Å².